The number of rotatable bonds is 7. The molecule has 6 heteroatoms. The molecule has 2 N–H and O–H groups in total. The van der Waals surface area contributed by atoms with Gasteiger partial charge in [0, 0.05) is 50.4 Å². The zero-order chi connectivity index (χ0) is 23.2. The van der Waals surface area contributed by atoms with Crippen molar-refractivity contribution in [2.24, 2.45) is 0 Å². The Labute approximate surface area is 198 Å². The molecule has 33 heavy (non-hydrogen) atoms. The molecule has 4 rings (SSSR count). The summed E-state index contributed by atoms with van der Waals surface area (Å²) in [6, 6.07) is 17.6. The van der Waals surface area contributed by atoms with Crippen LogP contribution in [0, 0.1) is 0 Å². The zero-order valence-corrected chi connectivity index (χ0v) is 20.0. The fraction of sp³-hybridized carbons (Fsp3) is 0.519. The number of piperazine rings is 1. The van der Waals surface area contributed by atoms with E-state index in [0.717, 1.165) is 32.7 Å². The first-order valence-corrected chi connectivity index (χ1v) is 12.3. The van der Waals surface area contributed by atoms with Crippen LogP contribution in [0.1, 0.15) is 60.2 Å². The third-order valence-corrected chi connectivity index (χ3v) is 7.11. The first-order chi connectivity index (χ1) is 16.0. The zero-order valence-electron chi connectivity index (χ0n) is 20.0. The number of likely N-dealkylation sites (tertiary alicyclic amines) is 1. The molecule has 2 fully saturated rings. The summed E-state index contributed by atoms with van der Waals surface area (Å²) in [6.07, 6.45) is 4.05. The van der Waals surface area contributed by atoms with Gasteiger partial charge in [-0.05, 0) is 68.6 Å². The number of amides is 1. The summed E-state index contributed by atoms with van der Waals surface area (Å²) in [5.41, 5.74) is 6.18. The van der Waals surface area contributed by atoms with Crippen LogP contribution in [0.15, 0.2) is 48.5 Å². The number of nitrogens with one attached hydrogen (secondary N) is 1. The number of hydrogen-bond donors (Lipinski definition) is 2. The largest absolute Gasteiger partial charge is 0.299 e. The number of hydroxylamine groups is 1. The molecule has 2 aliphatic heterocycles. The van der Waals surface area contributed by atoms with Gasteiger partial charge in [-0.1, -0.05) is 42.8 Å². The third kappa shape index (κ3) is 6.42. The summed E-state index contributed by atoms with van der Waals surface area (Å²) in [6.45, 7) is 12.1. The molecule has 2 aromatic carbocycles. The SMILES string of the molecule is C[C@@H]1CN(Cc2ccc(C(=O)NO)cc2)C[C@H](C)N1Cc1cccc(CN2CCCCC2)c1. The van der Waals surface area contributed by atoms with Crippen LogP contribution in [-0.2, 0) is 19.6 Å². The molecule has 2 aliphatic rings. The van der Waals surface area contributed by atoms with E-state index in [0.29, 0.717) is 17.6 Å². The van der Waals surface area contributed by atoms with E-state index in [4.69, 9.17) is 5.21 Å². The number of nitrogens with zero attached hydrogens (tertiary/aromatic N) is 3. The van der Waals surface area contributed by atoms with Crippen molar-refractivity contribution in [3.05, 3.63) is 70.8 Å². The quantitative estimate of drug-likeness (QED) is 0.495. The Morgan fingerprint density at radius 2 is 1.45 bits per heavy atom. The predicted molar refractivity (Wildman–Crippen MR) is 131 cm³/mol. The fourth-order valence-corrected chi connectivity index (χ4v) is 5.40. The lowest BCUT2D eigenvalue weighted by molar-refractivity contribution is 0.0290. The molecule has 0 spiro atoms. The lowest BCUT2D eigenvalue weighted by Gasteiger charge is -2.44. The summed E-state index contributed by atoms with van der Waals surface area (Å²) in [7, 11) is 0. The highest BCUT2D eigenvalue weighted by molar-refractivity contribution is 5.93. The average Bonchev–Trinajstić information content (AvgIpc) is 2.82. The Morgan fingerprint density at radius 1 is 0.848 bits per heavy atom. The Hall–Kier alpha value is -2.25. The van der Waals surface area contributed by atoms with Gasteiger partial charge in [-0.2, -0.15) is 0 Å². The first-order valence-electron chi connectivity index (χ1n) is 12.3. The Bertz CT molecular complexity index is 899. The Kier molecular flexibility index (Phi) is 8.15. The van der Waals surface area contributed by atoms with E-state index in [1.54, 1.807) is 17.6 Å². The first kappa shape index (κ1) is 23.9. The van der Waals surface area contributed by atoms with E-state index >= 15 is 0 Å². The van der Waals surface area contributed by atoms with Crippen molar-refractivity contribution < 1.29 is 10.0 Å². The maximum Gasteiger partial charge on any atom is 0.274 e. The smallest absolute Gasteiger partial charge is 0.274 e. The van der Waals surface area contributed by atoms with Crippen LogP contribution >= 0.6 is 0 Å². The molecule has 2 heterocycles. The minimum absolute atomic E-state index is 0.468. The summed E-state index contributed by atoms with van der Waals surface area (Å²) in [4.78, 5) is 19.3. The topological polar surface area (TPSA) is 59.1 Å². The predicted octanol–water partition coefficient (Wildman–Crippen LogP) is 3.89. The summed E-state index contributed by atoms with van der Waals surface area (Å²) in [5, 5.41) is 8.78. The van der Waals surface area contributed by atoms with Gasteiger partial charge in [0.2, 0.25) is 0 Å². The highest BCUT2D eigenvalue weighted by Crippen LogP contribution is 2.22. The minimum atomic E-state index is -0.475. The Balaban J connectivity index is 1.32. The van der Waals surface area contributed by atoms with Crippen molar-refractivity contribution in [2.75, 3.05) is 26.2 Å². The van der Waals surface area contributed by atoms with Crippen LogP contribution in [-0.4, -0.2) is 64.1 Å². The molecular weight excluding hydrogens is 412 g/mol. The van der Waals surface area contributed by atoms with E-state index in [1.165, 1.54) is 49.0 Å². The number of piperidine rings is 1. The van der Waals surface area contributed by atoms with Gasteiger partial charge >= 0.3 is 0 Å². The van der Waals surface area contributed by atoms with Gasteiger partial charge in [-0.25, -0.2) is 5.48 Å². The van der Waals surface area contributed by atoms with Gasteiger partial charge in [0.15, 0.2) is 0 Å². The van der Waals surface area contributed by atoms with E-state index in [2.05, 4.69) is 52.8 Å². The van der Waals surface area contributed by atoms with E-state index < -0.39 is 5.91 Å². The minimum Gasteiger partial charge on any atom is -0.299 e. The van der Waals surface area contributed by atoms with Crippen LogP contribution in [0.5, 0.6) is 0 Å². The molecule has 1 amide bonds. The highest BCUT2D eigenvalue weighted by Gasteiger charge is 2.29. The number of carbonyl (C=O) groups excluding carboxylic acids is 1. The van der Waals surface area contributed by atoms with Crippen LogP contribution in [0.4, 0.5) is 0 Å². The van der Waals surface area contributed by atoms with Crippen molar-refractivity contribution in [3.8, 4) is 0 Å². The summed E-state index contributed by atoms with van der Waals surface area (Å²) < 4.78 is 0. The second-order valence-corrected chi connectivity index (χ2v) is 9.86. The molecular formula is C27H38N4O2. The molecule has 0 aromatic heterocycles. The van der Waals surface area contributed by atoms with Gasteiger partial charge in [0.1, 0.15) is 0 Å². The van der Waals surface area contributed by atoms with Crippen LogP contribution in [0.3, 0.4) is 0 Å². The number of carbonyl (C=O) groups is 1. The molecule has 6 nitrogen and oxygen atoms in total. The molecule has 0 unspecified atom stereocenters. The maximum atomic E-state index is 11.5. The van der Waals surface area contributed by atoms with Gasteiger partial charge in [0.25, 0.3) is 5.91 Å². The summed E-state index contributed by atoms with van der Waals surface area (Å²) >= 11 is 0. The van der Waals surface area contributed by atoms with Gasteiger partial charge in [-0.15, -0.1) is 0 Å². The molecule has 2 saturated heterocycles. The average molecular weight is 451 g/mol. The van der Waals surface area contributed by atoms with Crippen molar-refractivity contribution in [1.29, 1.82) is 0 Å². The van der Waals surface area contributed by atoms with Crippen LogP contribution < -0.4 is 5.48 Å². The van der Waals surface area contributed by atoms with E-state index in [-0.39, 0.29) is 0 Å². The molecule has 2 atom stereocenters. The lowest BCUT2D eigenvalue weighted by atomic mass is 10.0. The molecule has 0 radical (unpaired) electrons. The van der Waals surface area contributed by atoms with Crippen molar-refractivity contribution in [2.45, 2.75) is 64.8 Å². The molecule has 0 aliphatic carbocycles. The molecule has 178 valence electrons. The van der Waals surface area contributed by atoms with E-state index in [9.17, 15) is 4.79 Å². The highest BCUT2D eigenvalue weighted by atomic mass is 16.5. The monoisotopic (exact) mass is 450 g/mol. The molecule has 2 aromatic rings. The summed E-state index contributed by atoms with van der Waals surface area (Å²) in [5.74, 6) is -0.475. The standard InChI is InChI=1S/C27H38N4O2/c1-21-16-30(18-23-9-11-26(12-10-23)27(32)28-33)17-22(2)31(21)20-25-8-6-7-24(15-25)19-29-13-4-3-5-14-29/h6-12,15,21-22,33H,3-5,13-14,16-20H2,1-2H3,(H,28,32)/t21-,22+. The van der Waals surface area contributed by atoms with Crippen LogP contribution in [0.2, 0.25) is 0 Å². The van der Waals surface area contributed by atoms with Crippen molar-refractivity contribution >= 4 is 5.91 Å². The normalized spacial score (nSPS) is 22.9. The number of benzene rings is 2. The lowest BCUT2D eigenvalue weighted by Crippen LogP contribution is -2.55. The third-order valence-electron chi connectivity index (χ3n) is 7.11. The second-order valence-electron chi connectivity index (χ2n) is 9.86. The maximum absolute atomic E-state index is 11.5. The van der Waals surface area contributed by atoms with Crippen molar-refractivity contribution in [1.82, 2.24) is 20.2 Å². The van der Waals surface area contributed by atoms with Gasteiger partial charge in [0.05, 0.1) is 0 Å². The Morgan fingerprint density at radius 3 is 2.09 bits per heavy atom. The van der Waals surface area contributed by atoms with Crippen molar-refractivity contribution in [3.63, 3.8) is 0 Å². The van der Waals surface area contributed by atoms with Gasteiger partial charge in [-0.3, -0.25) is 24.7 Å². The van der Waals surface area contributed by atoms with E-state index in [1.807, 2.05) is 12.1 Å². The number of hydrogen-bond acceptors (Lipinski definition) is 5. The fourth-order valence-electron chi connectivity index (χ4n) is 5.40. The molecule has 0 bridgehead atoms. The molecule has 0 saturated carbocycles. The van der Waals surface area contributed by atoms with Crippen LogP contribution in [0.25, 0.3) is 0 Å². The van der Waals surface area contributed by atoms with Gasteiger partial charge < -0.3 is 0 Å². The second kappa shape index (κ2) is 11.3.